The maximum absolute atomic E-state index is 5.64. The maximum atomic E-state index is 5.64. The van der Waals surface area contributed by atoms with E-state index in [1.807, 2.05) is 50.3 Å². The normalized spacial score (nSPS) is 10.2. The summed E-state index contributed by atoms with van der Waals surface area (Å²) in [7, 11) is 0. The summed E-state index contributed by atoms with van der Waals surface area (Å²) in [6.45, 7) is 8.32. The van der Waals surface area contributed by atoms with Crippen molar-refractivity contribution >= 4 is 6.08 Å². The predicted octanol–water partition coefficient (Wildman–Crippen LogP) is 4.30. The molecule has 88 valence electrons. The zero-order valence-corrected chi connectivity index (χ0v) is 10.2. The fraction of sp³-hybridized carbons (Fsp3) is 0.200. The number of hydrogen-bond donors (Lipinski definition) is 0. The van der Waals surface area contributed by atoms with Crippen LogP contribution in [-0.2, 0) is 0 Å². The largest absolute Gasteiger partial charge is 0.493 e. The van der Waals surface area contributed by atoms with Gasteiger partial charge in [0.05, 0.1) is 12.2 Å². The Bertz CT molecular complexity index is 523. The first-order valence-electron chi connectivity index (χ1n) is 5.70. The van der Waals surface area contributed by atoms with E-state index in [1.54, 1.807) is 0 Å². The highest BCUT2D eigenvalue weighted by Crippen LogP contribution is 2.32. The van der Waals surface area contributed by atoms with E-state index >= 15 is 0 Å². The van der Waals surface area contributed by atoms with Crippen LogP contribution in [0.5, 0.6) is 5.75 Å². The second kappa shape index (κ2) is 4.91. The van der Waals surface area contributed by atoms with E-state index in [4.69, 9.17) is 9.15 Å². The lowest BCUT2D eigenvalue weighted by atomic mass is 10.1. The summed E-state index contributed by atoms with van der Waals surface area (Å²) in [6, 6.07) is 9.87. The molecular weight excluding hydrogens is 212 g/mol. The van der Waals surface area contributed by atoms with Gasteiger partial charge in [-0.2, -0.15) is 0 Å². The summed E-state index contributed by atoms with van der Waals surface area (Å²) in [5, 5.41) is 0. The molecule has 0 unspecified atom stereocenters. The van der Waals surface area contributed by atoms with E-state index in [9.17, 15) is 0 Å². The van der Waals surface area contributed by atoms with Crippen molar-refractivity contribution in [3.63, 3.8) is 0 Å². The SMILES string of the molecule is C=Cc1ccc(OCC)c(-c2ccc(C)o2)c1. The lowest BCUT2D eigenvalue weighted by Gasteiger charge is -2.09. The fourth-order valence-corrected chi connectivity index (χ4v) is 1.73. The molecule has 1 aromatic heterocycles. The molecule has 0 spiro atoms. The Hall–Kier alpha value is -1.96. The first kappa shape index (κ1) is 11.5. The van der Waals surface area contributed by atoms with Crippen molar-refractivity contribution < 1.29 is 9.15 Å². The van der Waals surface area contributed by atoms with Crippen LogP contribution >= 0.6 is 0 Å². The third-order valence-corrected chi connectivity index (χ3v) is 2.54. The quantitative estimate of drug-likeness (QED) is 0.778. The monoisotopic (exact) mass is 228 g/mol. The molecule has 2 aromatic rings. The van der Waals surface area contributed by atoms with Crippen LogP contribution in [0, 0.1) is 6.92 Å². The Kier molecular flexibility index (Phi) is 3.33. The van der Waals surface area contributed by atoms with E-state index < -0.39 is 0 Å². The minimum Gasteiger partial charge on any atom is -0.493 e. The van der Waals surface area contributed by atoms with Crippen molar-refractivity contribution in [3.8, 4) is 17.1 Å². The smallest absolute Gasteiger partial charge is 0.138 e. The molecule has 2 rings (SSSR count). The number of aryl methyl sites for hydroxylation is 1. The highest BCUT2D eigenvalue weighted by Gasteiger charge is 2.10. The van der Waals surface area contributed by atoms with E-state index in [0.29, 0.717) is 6.61 Å². The molecule has 2 nitrogen and oxygen atoms in total. The third kappa shape index (κ3) is 2.41. The van der Waals surface area contributed by atoms with Crippen LogP contribution in [0.25, 0.3) is 17.4 Å². The zero-order valence-electron chi connectivity index (χ0n) is 10.2. The minimum atomic E-state index is 0.639. The molecule has 0 aliphatic rings. The number of hydrogen-bond acceptors (Lipinski definition) is 2. The lowest BCUT2D eigenvalue weighted by Crippen LogP contribution is -1.94. The number of rotatable bonds is 4. The van der Waals surface area contributed by atoms with Gasteiger partial charge >= 0.3 is 0 Å². The molecule has 0 N–H and O–H groups in total. The van der Waals surface area contributed by atoms with Crippen LogP contribution in [0.2, 0.25) is 0 Å². The highest BCUT2D eigenvalue weighted by atomic mass is 16.5. The molecule has 0 atom stereocenters. The van der Waals surface area contributed by atoms with Gasteiger partial charge < -0.3 is 9.15 Å². The number of furan rings is 1. The van der Waals surface area contributed by atoms with Crippen molar-refractivity contribution in [3.05, 3.63) is 48.2 Å². The highest BCUT2D eigenvalue weighted by molar-refractivity contribution is 5.70. The van der Waals surface area contributed by atoms with E-state index in [0.717, 1.165) is 28.4 Å². The first-order chi connectivity index (χ1) is 8.24. The number of ether oxygens (including phenoxy) is 1. The van der Waals surface area contributed by atoms with E-state index in [2.05, 4.69) is 6.58 Å². The van der Waals surface area contributed by atoms with Gasteiger partial charge in [-0.05, 0) is 43.7 Å². The molecule has 0 saturated heterocycles. The zero-order chi connectivity index (χ0) is 12.3. The van der Waals surface area contributed by atoms with Crippen molar-refractivity contribution in [2.75, 3.05) is 6.61 Å². The van der Waals surface area contributed by atoms with E-state index in [-0.39, 0.29) is 0 Å². The molecule has 0 fully saturated rings. The molecule has 0 saturated carbocycles. The maximum Gasteiger partial charge on any atom is 0.138 e. The Morgan fingerprint density at radius 2 is 2.12 bits per heavy atom. The summed E-state index contributed by atoms with van der Waals surface area (Å²) in [6.07, 6.45) is 1.81. The molecule has 1 heterocycles. The average Bonchev–Trinajstić information content (AvgIpc) is 2.77. The molecule has 0 aliphatic heterocycles. The second-order valence-electron chi connectivity index (χ2n) is 3.80. The van der Waals surface area contributed by atoms with Gasteiger partial charge in [-0.15, -0.1) is 0 Å². The minimum absolute atomic E-state index is 0.639. The summed E-state index contributed by atoms with van der Waals surface area (Å²) in [5.74, 6) is 2.56. The molecule has 0 bridgehead atoms. The van der Waals surface area contributed by atoms with Crippen LogP contribution in [0.3, 0.4) is 0 Å². The van der Waals surface area contributed by atoms with Gasteiger partial charge in [-0.3, -0.25) is 0 Å². The molecular formula is C15H16O2. The summed E-state index contributed by atoms with van der Waals surface area (Å²) in [4.78, 5) is 0. The Labute approximate surface area is 102 Å². The summed E-state index contributed by atoms with van der Waals surface area (Å²) >= 11 is 0. The van der Waals surface area contributed by atoms with Crippen molar-refractivity contribution in [1.29, 1.82) is 0 Å². The van der Waals surface area contributed by atoms with Gasteiger partial charge in [0.1, 0.15) is 17.3 Å². The Balaban J connectivity index is 2.51. The molecule has 0 amide bonds. The topological polar surface area (TPSA) is 22.4 Å². The van der Waals surface area contributed by atoms with Crippen LogP contribution in [0.1, 0.15) is 18.2 Å². The number of benzene rings is 1. The van der Waals surface area contributed by atoms with Crippen LogP contribution in [0.15, 0.2) is 41.3 Å². The Morgan fingerprint density at radius 1 is 1.29 bits per heavy atom. The second-order valence-corrected chi connectivity index (χ2v) is 3.80. The molecule has 1 aromatic carbocycles. The van der Waals surface area contributed by atoms with Crippen LogP contribution in [0.4, 0.5) is 0 Å². The molecule has 17 heavy (non-hydrogen) atoms. The Morgan fingerprint density at radius 3 is 2.71 bits per heavy atom. The average molecular weight is 228 g/mol. The standard InChI is InChI=1S/C15H16O2/c1-4-12-7-9-14(16-5-2)13(10-12)15-8-6-11(3)17-15/h4,6-10H,1,5H2,2-3H3. The summed E-state index contributed by atoms with van der Waals surface area (Å²) < 4.78 is 11.2. The van der Waals surface area contributed by atoms with Gasteiger partial charge in [0.25, 0.3) is 0 Å². The molecule has 2 heteroatoms. The third-order valence-electron chi connectivity index (χ3n) is 2.54. The van der Waals surface area contributed by atoms with E-state index in [1.165, 1.54) is 0 Å². The van der Waals surface area contributed by atoms with Gasteiger partial charge in [-0.1, -0.05) is 18.7 Å². The lowest BCUT2D eigenvalue weighted by molar-refractivity contribution is 0.340. The molecule has 0 aliphatic carbocycles. The van der Waals surface area contributed by atoms with Gasteiger partial charge in [0.2, 0.25) is 0 Å². The molecule has 0 radical (unpaired) electrons. The van der Waals surface area contributed by atoms with Crippen molar-refractivity contribution in [2.24, 2.45) is 0 Å². The van der Waals surface area contributed by atoms with Crippen LogP contribution < -0.4 is 4.74 Å². The van der Waals surface area contributed by atoms with Gasteiger partial charge in [-0.25, -0.2) is 0 Å². The van der Waals surface area contributed by atoms with Gasteiger partial charge in [0.15, 0.2) is 0 Å². The van der Waals surface area contributed by atoms with Gasteiger partial charge in [0, 0.05) is 0 Å². The van der Waals surface area contributed by atoms with Crippen LogP contribution in [-0.4, -0.2) is 6.61 Å². The summed E-state index contributed by atoms with van der Waals surface area (Å²) in [5.41, 5.74) is 2.02. The van der Waals surface area contributed by atoms with Crippen molar-refractivity contribution in [1.82, 2.24) is 0 Å². The predicted molar refractivity (Wildman–Crippen MR) is 70.1 cm³/mol. The first-order valence-corrected chi connectivity index (χ1v) is 5.70. The fourth-order valence-electron chi connectivity index (χ4n) is 1.73. The van der Waals surface area contributed by atoms with Crippen molar-refractivity contribution in [2.45, 2.75) is 13.8 Å².